The summed E-state index contributed by atoms with van der Waals surface area (Å²) in [4.78, 5) is 4.26. The largest absolute Gasteiger partial charge is 0.382 e. The Bertz CT molecular complexity index is 322. The Kier molecular flexibility index (Phi) is 7.99. The van der Waals surface area contributed by atoms with Crippen LogP contribution in [0, 0.1) is 0 Å². The predicted molar refractivity (Wildman–Crippen MR) is 70.6 cm³/mol. The molecule has 0 radical (unpaired) electrons. The number of ether oxygens (including phenoxy) is 2. The molecule has 0 unspecified atom stereocenters. The number of hydrogen-bond donors (Lipinski definition) is 1. The standard InChI is InChI=1S/C11H21N3O3S/c1-15-6-7-16-5-3-10-13-11(17-14-10)9(12)4-8-18-2/h9H,3-8,12H2,1-2H3/t9-/m0/s1. The van der Waals surface area contributed by atoms with Crippen molar-refractivity contribution in [3.8, 4) is 0 Å². The second kappa shape index (κ2) is 9.32. The molecule has 0 amide bonds. The van der Waals surface area contributed by atoms with Gasteiger partial charge in [0.2, 0.25) is 5.89 Å². The Morgan fingerprint density at radius 1 is 1.39 bits per heavy atom. The van der Waals surface area contributed by atoms with Crippen molar-refractivity contribution >= 4 is 11.8 Å². The summed E-state index contributed by atoms with van der Waals surface area (Å²) >= 11 is 1.75. The van der Waals surface area contributed by atoms with Crippen LogP contribution in [0.25, 0.3) is 0 Å². The minimum Gasteiger partial charge on any atom is -0.382 e. The highest BCUT2D eigenvalue weighted by Crippen LogP contribution is 2.14. The summed E-state index contributed by atoms with van der Waals surface area (Å²) in [6.07, 6.45) is 3.51. The molecule has 0 spiro atoms. The molecule has 18 heavy (non-hydrogen) atoms. The van der Waals surface area contributed by atoms with Gasteiger partial charge in [-0.25, -0.2) is 0 Å². The van der Waals surface area contributed by atoms with Crippen molar-refractivity contribution in [3.05, 3.63) is 11.7 Å². The zero-order chi connectivity index (χ0) is 13.2. The molecule has 104 valence electrons. The van der Waals surface area contributed by atoms with Crippen LogP contribution >= 0.6 is 11.8 Å². The van der Waals surface area contributed by atoms with E-state index in [-0.39, 0.29) is 6.04 Å². The molecule has 1 aromatic heterocycles. The zero-order valence-corrected chi connectivity index (χ0v) is 11.7. The molecule has 0 bridgehead atoms. The van der Waals surface area contributed by atoms with E-state index in [1.807, 2.05) is 6.26 Å². The van der Waals surface area contributed by atoms with Crippen molar-refractivity contribution in [1.82, 2.24) is 10.1 Å². The molecule has 0 aliphatic carbocycles. The van der Waals surface area contributed by atoms with Gasteiger partial charge in [0.1, 0.15) is 0 Å². The number of methoxy groups -OCH3 is 1. The third kappa shape index (κ3) is 5.81. The lowest BCUT2D eigenvalue weighted by atomic mass is 10.2. The highest BCUT2D eigenvalue weighted by atomic mass is 32.2. The van der Waals surface area contributed by atoms with E-state index in [0.717, 1.165) is 12.2 Å². The lowest BCUT2D eigenvalue weighted by Crippen LogP contribution is -2.12. The Balaban J connectivity index is 2.25. The summed E-state index contributed by atoms with van der Waals surface area (Å²) in [6.45, 7) is 1.73. The predicted octanol–water partition coefficient (Wildman–Crippen LogP) is 1.03. The lowest BCUT2D eigenvalue weighted by Gasteiger charge is -2.03. The van der Waals surface area contributed by atoms with Crippen molar-refractivity contribution in [3.63, 3.8) is 0 Å². The molecule has 0 aliphatic heterocycles. The number of aromatic nitrogens is 2. The van der Waals surface area contributed by atoms with E-state index in [1.54, 1.807) is 18.9 Å². The van der Waals surface area contributed by atoms with E-state index >= 15 is 0 Å². The molecule has 1 heterocycles. The van der Waals surface area contributed by atoms with Crippen molar-refractivity contribution in [2.75, 3.05) is 38.9 Å². The molecular weight excluding hydrogens is 254 g/mol. The molecule has 0 fully saturated rings. The number of nitrogens with two attached hydrogens (primary N) is 1. The van der Waals surface area contributed by atoms with Crippen LogP contribution in [0.2, 0.25) is 0 Å². The van der Waals surface area contributed by atoms with Gasteiger partial charge in [-0.05, 0) is 18.4 Å². The summed E-state index contributed by atoms with van der Waals surface area (Å²) in [5, 5.41) is 3.88. The van der Waals surface area contributed by atoms with Crippen LogP contribution in [0.4, 0.5) is 0 Å². The molecular formula is C11H21N3O3S. The minimum atomic E-state index is -0.173. The molecule has 0 aliphatic rings. The molecule has 1 atom stereocenters. The van der Waals surface area contributed by atoms with Crippen LogP contribution in [0.1, 0.15) is 24.2 Å². The van der Waals surface area contributed by atoms with Gasteiger partial charge < -0.3 is 19.7 Å². The fraction of sp³-hybridized carbons (Fsp3) is 0.818. The Hall–Kier alpha value is -0.630. The third-order valence-corrected chi connectivity index (χ3v) is 2.98. The molecule has 1 aromatic rings. The zero-order valence-electron chi connectivity index (χ0n) is 10.9. The van der Waals surface area contributed by atoms with Gasteiger partial charge in [-0.3, -0.25) is 0 Å². The molecule has 0 saturated carbocycles. The highest BCUT2D eigenvalue weighted by molar-refractivity contribution is 7.98. The first-order chi connectivity index (χ1) is 8.77. The van der Waals surface area contributed by atoms with Crippen LogP contribution in [-0.4, -0.2) is 49.1 Å². The smallest absolute Gasteiger partial charge is 0.243 e. The van der Waals surface area contributed by atoms with Gasteiger partial charge >= 0.3 is 0 Å². The maximum absolute atomic E-state index is 5.93. The minimum absolute atomic E-state index is 0.173. The number of nitrogens with zero attached hydrogens (tertiary/aromatic N) is 2. The fourth-order valence-corrected chi connectivity index (χ4v) is 1.79. The van der Waals surface area contributed by atoms with E-state index in [9.17, 15) is 0 Å². The number of rotatable bonds is 10. The first kappa shape index (κ1) is 15.4. The summed E-state index contributed by atoms with van der Waals surface area (Å²) in [5.41, 5.74) is 5.93. The lowest BCUT2D eigenvalue weighted by molar-refractivity contribution is 0.0714. The topological polar surface area (TPSA) is 83.4 Å². The van der Waals surface area contributed by atoms with Gasteiger partial charge in [0.25, 0.3) is 0 Å². The normalized spacial score (nSPS) is 12.8. The molecule has 6 nitrogen and oxygen atoms in total. The van der Waals surface area contributed by atoms with E-state index in [2.05, 4.69) is 10.1 Å². The summed E-state index contributed by atoms with van der Waals surface area (Å²) in [5.74, 6) is 2.14. The van der Waals surface area contributed by atoms with Crippen molar-refractivity contribution < 1.29 is 14.0 Å². The monoisotopic (exact) mass is 275 g/mol. The molecule has 0 saturated heterocycles. The maximum Gasteiger partial charge on any atom is 0.243 e. The SMILES string of the molecule is COCCOCCc1noc([C@@H](N)CCSC)n1. The second-order valence-electron chi connectivity index (χ2n) is 3.79. The van der Waals surface area contributed by atoms with Gasteiger partial charge in [-0.2, -0.15) is 16.7 Å². The van der Waals surface area contributed by atoms with E-state index in [0.29, 0.717) is 38.0 Å². The molecule has 2 N–H and O–H groups in total. The van der Waals surface area contributed by atoms with Gasteiger partial charge in [0, 0.05) is 13.5 Å². The van der Waals surface area contributed by atoms with Gasteiger partial charge in [0.15, 0.2) is 5.82 Å². The van der Waals surface area contributed by atoms with Crippen molar-refractivity contribution in [2.45, 2.75) is 18.9 Å². The summed E-state index contributed by atoms with van der Waals surface area (Å²) < 4.78 is 15.3. The number of thioether (sulfide) groups is 1. The Morgan fingerprint density at radius 2 is 2.22 bits per heavy atom. The molecule has 1 rings (SSSR count). The van der Waals surface area contributed by atoms with Crippen molar-refractivity contribution in [2.24, 2.45) is 5.73 Å². The van der Waals surface area contributed by atoms with Gasteiger partial charge in [-0.1, -0.05) is 5.16 Å². The Morgan fingerprint density at radius 3 is 2.94 bits per heavy atom. The molecule has 7 heteroatoms. The Labute approximate surface area is 112 Å². The van der Waals surface area contributed by atoms with E-state index in [4.69, 9.17) is 19.7 Å². The third-order valence-electron chi connectivity index (χ3n) is 2.34. The first-order valence-electron chi connectivity index (χ1n) is 5.91. The van der Waals surface area contributed by atoms with E-state index in [1.165, 1.54) is 0 Å². The van der Waals surface area contributed by atoms with Crippen LogP contribution < -0.4 is 5.73 Å². The molecule has 0 aromatic carbocycles. The average molecular weight is 275 g/mol. The summed E-state index contributed by atoms with van der Waals surface area (Å²) in [7, 11) is 1.64. The van der Waals surface area contributed by atoms with Gasteiger partial charge in [0.05, 0.1) is 25.9 Å². The van der Waals surface area contributed by atoms with Crippen LogP contribution in [0.3, 0.4) is 0 Å². The van der Waals surface area contributed by atoms with Crippen LogP contribution in [0.15, 0.2) is 4.52 Å². The van der Waals surface area contributed by atoms with E-state index < -0.39 is 0 Å². The van der Waals surface area contributed by atoms with Gasteiger partial charge in [-0.15, -0.1) is 0 Å². The fourth-order valence-electron chi connectivity index (χ4n) is 1.30. The van der Waals surface area contributed by atoms with Crippen LogP contribution in [-0.2, 0) is 15.9 Å². The first-order valence-corrected chi connectivity index (χ1v) is 7.31. The maximum atomic E-state index is 5.93. The summed E-state index contributed by atoms with van der Waals surface area (Å²) in [6, 6.07) is -0.173. The number of hydrogen-bond acceptors (Lipinski definition) is 7. The van der Waals surface area contributed by atoms with Crippen LogP contribution in [0.5, 0.6) is 0 Å². The van der Waals surface area contributed by atoms with Crippen molar-refractivity contribution in [1.29, 1.82) is 0 Å². The highest BCUT2D eigenvalue weighted by Gasteiger charge is 2.14. The second-order valence-corrected chi connectivity index (χ2v) is 4.78. The average Bonchev–Trinajstić information content (AvgIpc) is 2.84. The quantitative estimate of drug-likeness (QED) is 0.638.